The van der Waals surface area contributed by atoms with Crippen molar-refractivity contribution in [3.05, 3.63) is 78.4 Å². The molecule has 2 aliphatic rings. The highest BCUT2D eigenvalue weighted by molar-refractivity contribution is 6.26. The summed E-state index contributed by atoms with van der Waals surface area (Å²) in [5.41, 5.74) is 0.485. The monoisotopic (exact) mass is 466 g/mol. The van der Waals surface area contributed by atoms with E-state index in [2.05, 4.69) is 16.9 Å². The molecule has 1 aromatic carbocycles. The molecule has 2 fully saturated rings. The number of anilines is 2. The number of benzene rings is 1. The molecule has 0 radical (unpaired) electrons. The van der Waals surface area contributed by atoms with Crippen LogP contribution < -0.4 is 16.2 Å². The maximum absolute atomic E-state index is 14.1. The lowest BCUT2D eigenvalue weighted by Gasteiger charge is -2.37. The van der Waals surface area contributed by atoms with E-state index in [0.29, 0.717) is 22.7 Å². The van der Waals surface area contributed by atoms with Crippen molar-refractivity contribution in [2.24, 2.45) is 11.8 Å². The molecule has 9 heteroatoms. The van der Waals surface area contributed by atoms with Gasteiger partial charge in [-0.3, -0.25) is 14.6 Å². The molecule has 4 atom stereocenters. The number of amides is 2. The Hall–Kier alpha value is -3.40. The van der Waals surface area contributed by atoms with Gasteiger partial charge >= 0.3 is 0 Å². The number of hydrazine groups is 1. The molecule has 2 amide bonds. The van der Waals surface area contributed by atoms with Crippen LogP contribution in [0.3, 0.4) is 0 Å². The van der Waals surface area contributed by atoms with E-state index in [1.165, 1.54) is 36.5 Å². The highest BCUT2D eigenvalue weighted by Gasteiger charge is 2.41. The summed E-state index contributed by atoms with van der Waals surface area (Å²) in [5.74, 6) is 3.59. The van der Waals surface area contributed by atoms with Crippen LogP contribution in [0.1, 0.15) is 37.4 Å². The summed E-state index contributed by atoms with van der Waals surface area (Å²) in [6, 6.07) is 7.20. The quantitative estimate of drug-likeness (QED) is 0.115. The van der Waals surface area contributed by atoms with Crippen LogP contribution in [0.15, 0.2) is 67.0 Å². The molecule has 178 valence electrons. The van der Waals surface area contributed by atoms with E-state index in [4.69, 9.17) is 10.6 Å². The number of para-hydroxylation sites is 1. The Morgan fingerprint density at radius 2 is 2.09 bits per heavy atom. The minimum absolute atomic E-state index is 0.0326. The number of nitrogens with zero attached hydrogens (tertiary/aromatic N) is 2. The van der Waals surface area contributed by atoms with Crippen LogP contribution in [0.2, 0.25) is 0 Å². The molecule has 4 rings (SSSR count). The fourth-order valence-corrected chi connectivity index (χ4v) is 4.65. The fraction of sp³-hybridized carbons (Fsp3) is 0.320. The molecule has 0 bridgehead atoms. The second kappa shape index (κ2) is 10.3. The molecule has 0 spiro atoms. The maximum Gasteiger partial charge on any atom is 0.278 e. The summed E-state index contributed by atoms with van der Waals surface area (Å²) < 4.78 is 20.4. The molecule has 2 heterocycles. The van der Waals surface area contributed by atoms with Crippen LogP contribution in [-0.4, -0.2) is 34.1 Å². The third-order valence-electron chi connectivity index (χ3n) is 6.33. The number of fused-ring (bicyclic) bond motifs is 1. The average Bonchev–Trinajstić information content (AvgIpc) is 3.32. The number of nitrogens with two attached hydrogens (primary N) is 1. The number of nitrogens with one attached hydrogen (secondary N) is 1. The van der Waals surface area contributed by atoms with Gasteiger partial charge < -0.3 is 15.2 Å². The highest BCUT2D eigenvalue weighted by atomic mass is 19.1. The first-order valence-electron chi connectivity index (χ1n) is 11.2. The van der Waals surface area contributed by atoms with Crippen molar-refractivity contribution in [3.8, 4) is 0 Å². The van der Waals surface area contributed by atoms with Gasteiger partial charge in [0.15, 0.2) is 0 Å². The van der Waals surface area contributed by atoms with Gasteiger partial charge in [-0.05, 0) is 37.1 Å². The van der Waals surface area contributed by atoms with E-state index in [9.17, 15) is 19.1 Å². The highest BCUT2D eigenvalue weighted by Crippen LogP contribution is 2.43. The van der Waals surface area contributed by atoms with Crippen molar-refractivity contribution in [3.63, 3.8) is 0 Å². The number of allylic oxidation sites excluding steroid dienone is 2. The normalized spacial score (nSPS) is 24.3. The zero-order valence-corrected chi connectivity index (χ0v) is 18.6. The smallest absolute Gasteiger partial charge is 0.278 e. The van der Waals surface area contributed by atoms with E-state index in [1.807, 2.05) is 0 Å². The topological polar surface area (TPSA) is 118 Å². The number of carbonyl (C=O) groups is 2. The third-order valence-corrected chi connectivity index (χ3v) is 6.33. The zero-order valence-electron chi connectivity index (χ0n) is 18.6. The van der Waals surface area contributed by atoms with Gasteiger partial charge in [0.1, 0.15) is 11.4 Å². The molecular formula is C25H27FN4O4. The zero-order chi connectivity index (χ0) is 24.2. The summed E-state index contributed by atoms with van der Waals surface area (Å²) in [6.45, 7) is 3.55. The van der Waals surface area contributed by atoms with Gasteiger partial charge in [-0.2, -0.15) is 0 Å². The lowest BCUT2D eigenvalue weighted by atomic mass is 9.88. The molecule has 0 unspecified atom stereocenters. The van der Waals surface area contributed by atoms with E-state index >= 15 is 0 Å². The van der Waals surface area contributed by atoms with Crippen LogP contribution in [0, 0.1) is 11.7 Å². The Balaban J connectivity index is 1.55. The Bertz CT molecular complexity index is 1120. The standard InChI is InChI=1S/C25H27FN4O4/c1-2-6-17(25(33)30(27)20-9-4-3-8-18(20)26)24(32)29-19-14-28-12-11-15(19)23-13-21(31)16-7-5-10-22(16)34-23/h2-4,6,8-9,11-12,14,16,21-23,31H,1,5,7,10,13,27H2,(H,29,32)/b17-6-/t16-,21-,22-,23-/m1/s1. The summed E-state index contributed by atoms with van der Waals surface area (Å²) in [7, 11) is 0. The lowest BCUT2D eigenvalue weighted by molar-refractivity contribution is -0.125. The van der Waals surface area contributed by atoms with Crippen molar-refractivity contribution in [2.75, 3.05) is 10.3 Å². The number of halogens is 1. The predicted octanol–water partition coefficient (Wildman–Crippen LogP) is 3.17. The molecule has 8 nitrogen and oxygen atoms in total. The second-order valence-electron chi connectivity index (χ2n) is 8.42. The van der Waals surface area contributed by atoms with Crippen molar-refractivity contribution < 1.29 is 23.8 Å². The predicted molar refractivity (Wildman–Crippen MR) is 125 cm³/mol. The van der Waals surface area contributed by atoms with Crippen LogP contribution >= 0.6 is 0 Å². The van der Waals surface area contributed by atoms with E-state index in [0.717, 1.165) is 25.3 Å². The number of hydrogen-bond donors (Lipinski definition) is 3. The summed E-state index contributed by atoms with van der Waals surface area (Å²) in [5, 5.41) is 13.9. The van der Waals surface area contributed by atoms with Gasteiger partial charge in [0.2, 0.25) is 0 Å². The Kier molecular flexibility index (Phi) is 7.16. The van der Waals surface area contributed by atoms with Gasteiger partial charge in [0.25, 0.3) is 11.8 Å². The largest absolute Gasteiger partial charge is 0.393 e. The van der Waals surface area contributed by atoms with E-state index in [1.54, 1.807) is 12.3 Å². The summed E-state index contributed by atoms with van der Waals surface area (Å²) in [6.07, 6.45) is 7.78. The van der Waals surface area contributed by atoms with Gasteiger partial charge in [0.05, 0.1) is 35.9 Å². The number of ether oxygens (including phenoxy) is 1. The fourth-order valence-electron chi connectivity index (χ4n) is 4.65. The minimum Gasteiger partial charge on any atom is -0.393 e. The maximum atomic E-state index is 14.1. The first-order chi connectivity index (χ1) is 16.4. The lowest BCUT2D eigenvalue weighted by Crippen LogP contribution is -2.41. The van der Waals surface area contributed by atoms with Crippen molar-refractivity contribution in [1.29, 1.82) is 0 Å². The Morgan fingerprint density at radius 3 is 2.85 bits per heavy atom. The molecule has 2 aromatic rings. The molecule has 34 heavy (non-hydrogen) atoms. The number of pyridine rings is 1. The minimum atomic E-state index is -0.911. The first kappa shape index (κ1) is 23.7. The molecule has 1 saturated heterocycles. The van der Waals surface area contributed by atoms with Crippen molar-refractivity contribution in [2.45, 2.75) is 44.0 Å². The van der Waals surface area contributed by atoms with Gasteiger partial charge in [0, 0.05) is 24.1 Å². The second-order valence-corrected chi connectivity index (χ2v) is 8.42. The Morgan fingerprint density at radius 1 is 1.29 bits per heavy atom. The average molecular weight is 467 g/mol. The van der Waals surface area contributed by atoms with Crippen molar-refractivity contribution in [1.82, 2.24) is 4.98 Å². The van der Waals surface area contributed by atoms with E-state index in [-0.39, 0.29) is 23.3 Å². The molecule has 1 aliphatic heterocycles. The van der Waals surface area contributed by atoms with Crippen LogP contribution in [-0.2, 0) is 14.3 Å². The van der Waals surface area contributed by atoms with Crippen LogP contribution in [0.4, 0.5) is 15.8 Å². The number of aromatic nitrogens is 1. The number of hydrogen-bond acceptors (Lipinski definition) is 6. The van der Waals surface area contributed by atoms with Gasteiger partial charge in [-0.1, -0.05) is 31.2 Å². The molecule has 1 saturated carbocycles. The van der Waals surface area contributed by atoms with Gasteiger partial charge in [-0.15, -0.1) is 0 Å². The molecule has 4 N–H and O–H groups in total. The number of carbonyl (C=O) groups excluding carboxylic acids is 2. The SMILES string of the molecule is C=C/C=C(/C(=O)Nc1cnccc1[C@H]1C[C@@H](O)[C@H]2CCC[C@H]2O1)C(=O)N(N)c1ccccc1F. The van der Waals surface area contributed by atoms with Crippen molar-refractivity contribution >= 4 is 23.2 Å². The third kappa shape index (κ3) is 4.77. The summed E-state index contributed by atoms with van der Waals surface area (Å²) in [4.78, 5) is 30.1. The number of aliphatic hydroxyl groups is 1. The van der Waals surface area contributed by atoms with Crippen LogP contribution in [0.25, 0.3) is 0 Å². The van der Waals surface area contributed by atoms with Gasteiger partial charge in [-0.25, -0.2) is 15.2 Å². The van der Waals surface area contributed by atoms with E-state index < -0.39 is 29.8 Å². The number of rotatable bonds is 6. The Labute approximate surface area is 196 Å². The first-order valence-corrected chi connectivity index (χ1v) is 11.2. The summed E-state index contributed by atoms with van der Waals surface area (Å²) >= 11 is 0. The molecular weight excluding hydrogens is 439 g/mol. The molecule has 1 aromatic heterocycles. The molecule has 1 aliphatic carbocycles. The van der Waals surface area contributed by atoms with Crippen LogP contribution in [0.5, 0.6) is 0 Å². The number of aliphatic hydroxyl groups excluding tert-OH is 1.